The van der Waals surface area contributed by atoms with E-state index in [0.717, 1.165) is 29.9 Å². The Labute approximate surface area is 116 Å². The van der Waals surface area contributed by atoms with Gasteiger partial charge in [-0.15, -0.1) is 11.3 Å². The summed E-state index contributed by atoms with van der Waals surface area (Å²) in [6.07, 6.45) is 2.34. The second-order valence-electron chi connectivity index (χ2n) is 4.90. The first kappa shape index (κ1) is 12.6. The Morgan fingerprint density at radius 1 is 1.47 bits per heavy atom. The van der Waals surface area contributed by atoms with Crippen molar-refractivity contribution in [1.82, 2.24) is 5.32 Å². The van der Waals surface area contributed by atoms with Crippen molar-refractivity contribution in [2.75, 3.05) is 13.2 Å². The van der Waals surface area contributed by atoms with Gasteiger partial charge in [-0.25, -0.2) is 0 Å². The summed E-state index contributed by atoms with van der Waals surface area (Å²) < 4.78 is 6.69. The van der Waals surface area contributed by atoms with Gasteiger partial charge in [-0.05, 0) is 36.8 Å². The molecule has 3 nitrogen and oxygen atoms in total. The smallest absolute Gasteiger partial charge is 0.261 e. The first-order chi connectivity index (χ1) is 9.25. The zero-order valence-electron chi connectivity index (χ0n) is 10.9. The predicted molar refractivity (Wildman–Crippen MR) is 77.9 cm³/mol. The molecule has 1 N–H and O–H groups in total. The van der Waals surface area contributed by atoms with Crippen molar-refractivity contribution in [3.05, 3.63) is 34.7 Å². The van der Waals surface area contributed by atoms with E-state index in [9.17, 15) is 4.79 Å². The molecule has 1 aromatic heterocycles. The summed E-state index contributed by atoms with van der Waals surface area (Å²) in [4.78, 5) is 13.1. The molecule has 19 heavy (non-hydrogen) atoms. The number of hydrogen-bond acceptors (Lipinski definition) is 3. The molecule has 1 atom stereocenters. The third-order valence-electron chi connectivity index (χ3n) is 3.56. The van der Waals surface area contributed by atoms with Gasteiger partial charge in [0.05, 0.1) is 11.0 Å². The van der Waals surface area contributed by atoms with Crippen LogP contribution in [0.1, 0.15) is 28.1 Å². The maximum atomic E-state index is 12.2. The summed E-state index contributed by atoms with van der Waals surface area (Å²) in [5.41, 5.74) is 1.07. The maximum absolute atomic E-state index is 12.2. The number of rotatable bonds is 3. The fourth-order valence-corrected chi connectivity index (χ4v) is 3.61. The first-order valence-corrected chi connectivity index (χ1v) is 7.45. The second kappa shape index (κ2) is 5.31. The lowest BCUT2D eigenvalue weighted by atomic mass is 10.1. The average molecular weight is 275 g/mol. The molecule has 0 aliphatic carbocycles. The van der Waals surface area contributed by atoms with Crippen LogP contribution in [0.3, 0.4) is 0 Å². The fourth-order valence-electron chi connectivity index (χ4n) is 2.48. The third-order valence-corrected chi connectivity index (χ3v) is 4.84. The Kier molecular flexibility index (Phi) is 3.53. The zero-order valence-corrected chi connectivity index (χ0v) is 11.8. The van der Waals surface area contributed by atoms with Crippen LogP contribution in [0.15, 0.2) is 24.3 Å². The number of hydrogen-bond donors (Lipinski definition) is 1. The fraction of sp³-hybridized carbons (Fsp3) is 0.400. The standard InChI is InChI=1S/C15H17NO2S/c1-10-12-6-2-3-7-13(12)19-14(10)15(17)16-9-11-5-4-8-18-11/h2-3,6-7,11H,4-5,8-9H2,1H3,(H,16,17). The molecule has 1 amide bonds. The number of benzene rings is 1. The highest BCUT2D eigenvalue weighted by Crippen LogP contribution is 2.30. The van der Waals surface area contributed by atoms with Crippen molar-refractivity contribution >= 4 is 27.3 Å². The molecule has 3 rings (SSSR count). The molecule has 0 radical (unpaired) electrons. The van der Waals surface area contributed by atoms with Crippen LogP contribution in [0.2, 0.25) is 0 Å². The van der Waals surface area contributed by atoms with Gasteiger partial charge in [0.2, 0.25) is 0 Å². The van der Waals surface area contributed by atoms with E-state index in [2.05, 4.69) is 17.4 Å². The number of fused-ring (bicyclic) bond motifs is 1. The molecule has 0 bridgehead atoms. The van der Waals surface area contributed by atoms with Crippen molar-refractivity contribution in [2.24, 2.45) is 0 Å². The zero-order chi connectivity index (χ0) is 13.2. The van der Waals surface area contributed by atoms with E-state index < -0.39 is 0 Å². The molecular weight excluding hydrogens is 258 g/mol. The monoisotopic (exact) mass is 275 g/mol. The largest absolute Gasteiger partial charge is 0.376 e. The van der Waals surface area contributed by atoms with Crippen molar-refractivity contribution in [1.29, 1.82) is 0 Å². The first-order valence-electron chi connectivity index (χ1n) is 6.63. The van der Waals surface area contributed by atoms with Crippen LogP contribution in [0, 0.1) is 6.92 Å². The predicted octanol–water partition coefficient (Wildman–Crippen LogP) is 3.12. The second-order valence-corrected chi connectivity index (χ2v) is 5.95. The summed E-state index contributed by atoms with van der Waals surface area (Å²) in [6.45, 7) is 3.45. The maximum Gasteiger partial charge on any atom is 0.261 e. The van der Waals surface area contributed by atoms with E-state index >= 15 is 0 Å². The molecule has 1 aliphatic rings. The number of ether oxygens (including phenoxy) is 1. The molecule has 2 aromatic rings. The molecule has 1 aromatic carbocycles. The van der Waals surface area contributed by atoms with Gasteiger partial charge in [0.1, 0.15) is 0 Å². The number of thiophene rings is 1. The molecule has 4 heteroatoms. The lowest BCUT2D eigenvalue weighted by molar-refractivity contribution is 0.0860. The van der Waals surface area contributed by atoms with Gasteiger partial charge in [-0.1, -0.05) is 18.2 Å². The molecule has 0 saturated carbocycles. The third kappa shape index (κ3) is 2.51. The van der Waals surface area contributed by atoms with Crippen LogP contribution < -0.4 is 5.32 Å². The Morgan fingerprint density at radius 2 is 2.32 bits per heavy atom. The minimum absolute atomic E-state index is 0.0224. The Hall–Kier alpha value is -1.39. The molecule has 2 heterocycles. The Balaban J connectivity index is 1.75. The number of carbonyl (C=O) groups is 1. The van der Waals surface area contributed by atoms with Gasteiger partial charge in [0.15, 0.2) is 0 Å². The van der Waals surface area contributed by atoms with Gasteiger partial charge in [-0.2, -0.15) is 0 Å². The molecule has 1 aliphatic heterocycles. The quantitative estimate of drug-likeness (QED) is 0.934. The van der Waals surface area contributed by atoms with Crippen molar-refractivity contribution < 1.29 is 9.53 Å². The lowest BCUT2D eigenvalue weighted by Crippen LogP contribution is -2.31. The highest BCUT2D eigenvalue weighted by atomic mass is 32.1. The summed E-state index contributed by atoms with van der Waals surface area (Å²) in [6, 6.07) is 8.14. The van der Waals surface area contributed by atoms with E-state index in [0.29, 0.717) is 6.54 Å². The summed E-state index contributed by atoms with van der Waals surface area (Å²) in [5, 5.41) is 4.16. The normalized spacial score (nSPS) is 18.9. The Morgan fingerprint density at radius 3 is 3.05 bits per heavy atom. The summed E-state index contributed by atoms with van der Waals surface area (Å²) in [7, 11) is 0. The van der Waals surface area contributed by atoms with Crippen LogP contribution in [0.25, 0.3) is 10.1 Å². The van der Waals surface area contributed by atoms with Crippen molar-refractivity contribution in [2.45, 2.75) is 25.9 Å². The van der Waals surface area contributed by atoms with Crippen molar-refractivity contribution in [3.63, 3.8) is 0 Å². The van der Waals surface area contributed by atoms with E-state index in [1.807, 2.05) is 19.1 Å². The van der Waals surface area contributed by atoms with Gasteiger partial charge < -0.3 is 10.1 Å². The van der Waals surface area contributed by atoms with Crippen LogP contribution in [0.5, 0.6) is 0 Å². The summed E-state index contributed by atoms with van der Waals surface area (Å²) in [5.74, 6) is 0.0224. The molecule has 1 fully saturated rings. The highest BCUT2D eigenvalue weighted by Gasteiger charge is 2.19. The molecular formula is C15H17NO2S. The lowest BCUT2D eigenvalue weighted by Gasteiger charge is -2.10. The molecule has 1 saturated heterocycles. The number of carbonyl (C=O) groups excluding carboxylic acids is 1. The van der Waals surface area contributed by atoms with E-state index in [4.69, 9.17) is 4.74 Å². The SMILES string of the molecule is Cc1c(C(=O)NCC2CCCO2)sc2ccccc12. The number of aryl methyl sites for hydroxylation is 1. The topological polar surface area (TPSA) is 38.3 Å². The van der Waals surface area contributed by atoms with Crippen LogP contribution >= 0.6 is 11.3 Å². The minimum Gasteiger partial charge on any atom is -0.376 e. The molecule has 0 spiro atoms. The van der Waals surface area contributed by atoms with Crippen LogP contribution in [-0.4, -0.2) is 25.2 Å². The van der Waals surface area contributed by atoms with E-state index in [-0.39, 0.29) is 12.0 Å². The van der Waals surface area contributed by atoms with Gasteiger partial charge in [0.25, 0.3) is 5.91 Å². The van der Waals surface area contributed by atoms with Crippen LogP contribution in [0.4, 0.5) is 0 Å². The number of amides is 1. The van der Waals surface area contributed by atoms with Gasteiger partial charge in [-0.3, -0.25) is 4.79 Å². The van der Waals surface area contributed by atoms with Gasteiger partial charge in [0, 0.05) is 17.9 Å². The molecule has 1 unspecified atom stereocenters. The van der Waals surface area contributed by atoms with E-state index in [1.165, 1.54) is 10.1 Å². The molecule has 100 valence electrons. The van der Waals surface area contributed by atoms with Crippen molar-refractivity contribution in [3.8, 4) is 0 Å². The highest BCUT2D eigenvalue weighted by molar-refractivity contribution is 7.21. The Bertz CT molecular complexity index is 599. The minimum atomic E-state index is 0.0224. The number of nitrogens with one attached hydrogen (secondary N) is 1. The van der Waals surface area contributed by atoms with E-state index in [1.54, 1.807) is 11.3 Å². The summed E-state index contributed by atoms with van der Waals surface area (Å²) >= 11 is 1.56. The van der Waals surface area contributed by atoms with Crippen LogP contribution in [-0.2, 0) is 4.74 Å². The van der Waals surface area contributed by atoms with Gasteiger partial charge >= 0.3 is 0 Å². The average Bonchev–Trinajstić information content (AvgIpc) is 3.05.